The number of carbonyl (C=O) groups is 5. The number of benzene rings is 1. The number of rotatable bonds is 8. The molecule has 1 aromatic carbocycles. The molecule has 1 aliphatic heterocycles. The smallest absolute Gasteiger partial charge is 0.292 e. The van der Waals surface area contributed by atoms with Crippen molar-refractivity contribution in [1.82, 2.24) is 31.2 Å². The molecular weight excluding hydrogens is 592 g/mol. The molecule has 1 fully saturated rings. The number of amides is 5. The molecule has 1 saturated heterocycles. The summed E-state index contributed by atoms with van der Waals surface area (Å²) >= 11 is 0. The molecule has 252 valence electrons. The lowest BCUT2D eigenvalue weighted by molar-refractivity contribution is -0.133. The number of oxazole rings is 1. The van der Waals surface area contributed by atoms with Crippen LogP contribution in [0.3, 0.4) is 0 Å². The van der Waals surface area contributed by atoms with Gasteiger partial charge >= 0.3 is 0 Å². The molecule has 0 saturated carbocycles. The minimum atomic E-state index is -1.05. The van der Waals surface area contributed by atoms with Gasteiger partial charge in [0.2, 0.25) is 29.4 Å². The summed E-state index contributed by atoms with van der Waals surface area (Å²) in [4.78, 5) is 73.5. The van der Waals surface area contributed by atoms with Crippen molar-refractivity contribution in [3.63, 3.8) is 0 Å². The lowest BCUT2D eigenvalue weighted by Gasteiger charge is -2.31. The topological polar surface area (TPSA) is 172 Å². The van der Waals surface area contributed by atoms with Gasteiger partial charge in [0, 0.05) is 25.4 Å². The number of hydrogen-bond acceptors (Lipinski definition) is 8. The van der Waals surface area contributed by atoms with Gasteiger partial charge in [0.15, 0.2) is 5.89 Å². The summed E-state index contributed by atoms with van der Waals surface area (Å²) in [5.41, 5.74) is 1.14. The summed E-state index contributed by atoms with van der Waals surface area (Å²) in [6.07, 6.45) is 0.897. The van der Waals surface area contributed by atoms with Gasteiger partial charge in [-0.3, -0.25) is 24.0 Å². The average Bonchev–Trinajstić information content (AvgIpc) is 3.39. The molecule has 0 spiro atoms. The van der Waals surface area contributed by atoms with E-state index in [1.165, 1.54) is 4.90 Å². The zero-order valence-electron chi connectivity index (χ0n) is 28.1. The number of aromatic nitrogens is 1. The van der Waals surface area contributed by atoms with E-state index < -0.39 is 60.2 Å². The van der Waals surface area contributed by atoms with E-state index in [1.807, 2.05) is 34.6 Å². The molecule has 5 amide bonds. The SMILES string of the molecule is CCc1nc(C)c(C(=O)N2CC(=O)N[C@@H](CC(C)C)C(=O)N[C@@H](Cc3ccc(OC)cc3)C(=O)N[C@H](C)C(=O)N[C@@H](C(C)C)C2)o1. The summed E-state index contributed by atoms with van der Waals surface area (Å²) in [6, 6.07) is 3.50. The van der Waals surface area contributed by atoms with Crippen molar-refractivity contribution in [1.29, 1.82) is 0 Å². The minimum Gasteiger partial charge on any atom is -0.497 e. The van der Waals surface area contributed by atoms with Crippen LogP contribution in [0.4, 0.5) is 0 Å². The normalized spacial score (nSPS) is 22.0. The van der Waals surface area contributed by atoms with Gasteiger partial charge in [0.25, 0.3) is 5.91 Å². The predicted octanol–water partition coefficient (Wildman–Crippen LogP) is 1.91. The Balaban J connectivity index is 2.00. The molecule has 46 heavy (non-hydrogen) atoms. The fraction of sp³-hybridized carbons (Fsp3) is 0.576. The predicted molar refractivity (Wildman–Crippen MR) is 171 cm³/mol. The Hall–Kier alpha value is -4.42. The zero-order valence-corrected chi connectivity index (χ0v) is 28.1. The van der Waals surface area contributed by atoms with Gasteiger partial charge < -0.3 is 35.3 Å². The number of hydrogen-bond donors (Lipinski definition) is 4. The summed E-state index contributed by atoms with van der Waals surface area (Å²) in [5.74, 6) is -1.82. The molecule has 13 heteroatoms. The standard InChI is InChI=1S/C33H48N6O7/c1-9-28-34-20(6)29(46-28)33(44)39-16-26(19(4)5)38-30(41)21(7)35-31(42)25(15-22-10-12-23(45-8)13-11-22)37-32(43)24(14-18(2)3)36-27(40)17-39/h10-13,18-19,21,24-26H,9,14-17H2,1-8H3,(H,35,42)(H,36,40)(H,37,43)(H,38,41)/t21-,24+,25+,26-/m1/s1. The first kappa shape index (κ1) is 36.1. The molecule has 0 unspecified atom stereocenters. The fourth-order valence-electron chi connectivity index (χ4n) is 5.11. The molecule has 4 N–H and O–H groups in total. The van der Waals surface area contributed by atoms with E-state index in [0.29, 0.717) is 23.8 Å². The van der Waals surface area contributed by atoms with Crippen LogP contribution in [0.15, 0.2) is 28.7 Å². The fourth-order valence-corrected chi connectivity index (χ4v) is 5.11. The average molecular weight is 641 g/mol. The van der Waals surface area contributed by atoms with Gasteiger partial charge in [-0.05, 0) is 49.8 Å². The highest BCUT2D eigenvalue weighted by Crippen LogP contribution is 2.17. The van der Waals surface area contributed by atoms with Crippen molar-refractivity contribution in [2.45, 2.75) is 91.9 Å². The minimum absolute atomic E-state index is 0.00915. The lowest BCUT2D eigenvalue weighted by atomic mass is 10.0. The van der Waals surface area contributed by atoms with Gasteiger partial charge in [-0.25, -0.2) is 4.98 Å². The molecule has 13 nitrogen and oxygen atoms in total. The van der Waals surface area contributed by atoms with Crippen molar-refractivity contribution in [3.8, 4) is 5.75 Å². The molecule has 0 radical (unpaired) electrons. The van der Waals surface area contributed by atoms with E-state index in [1.54, 1.807) is 45.2 Å². The second-order valence-electron chi connectivity index (χ2n) is 12.5. The van der Waals surface area contributed by atoms with Gasteiger partial charge in [0.05, 0.1) is 12.8 Å². The summed E-state index contributed by atoms with van der Waals surface area (Å²) in [5, 5.41) is 11.2. The summed E-state index contributed by atoms with van der Waals surface area (Å²) in [7, 11) is 1.55. The third kappa shape index (κ3) is 9.79. The number of methoxy groups -OCH3 is 1. The second-order valence-corrected chi connectivity index (χ2v) is 12.5. The van der Waals surface area contributed by atoms with Gasteiger partial charge in [-0.1, -0.05) is 46.8 Å². The first-order valence-corrected chi connectivity index (χ1v) is 15.8. The Morgan fingerprint density at radius 3 is 2.20 bits per heavy atom. The van der Waals surface area contributed by atoms with Crippen LogP contribution in [-0.4, -0.2) is 83.8 Å². The van der Waals surface area contributed by atoms with Crippen molar-refractivity contribution in [2.24, 2.45) is 11.8 Å². The number of aryl methyl sites for hydroxylation is 2. The van der Waals surface area contributed by atoms with Gasteiger partial charge in [-0.2, -0.15) is 0 Å². The highest BCUT2D eigenvalue weighted by atomic mass is 16.5. The molecule has 2 heterocycles. The first-order valence-electron chi connectivity index (χ1n) is 15.8. The van der Waals surface area contributed by atoms with E-state index in [2.05, 4.69) is 26.3 Å². The van der Waals surface area contributed by atoms with Crippen molar-refractivity contribution in [3.05, 3.63) is 47.2 Å². The van der Waals surface area contributed by atoms with Gasteiger partial charge in [-0.15, -0.1) is 0 Å². The number of nitrogens with one attached hydrogen (secondary N) is 4. The van der Waals surface area contributed by atoms with E-state index in [-0.39, 0.29) is 37.0 Å². The molecule has 4 atom stereocenters. The molecule has 1 aliphatic rings. The van der Waals surface area contributed by atoms with Crippen LogP contribution < -0.4 is 26.0 Å². The monoisotopic (exact) mass is 640 g/mol. The van der Waals surface area contributed by atoms with E-state index in [0.717, 1.165) is 5.56 Å². The largest absolute Gasteiger partial charge is 0.497 e. The number of nitrogens with zero attached hydrogens (tertiary/aromatic N) is 2. The molecule has 3 rings (SSSR count). The van der Waals surface area contributed by atoms with Crippen molar-refractivity contribution in [2.75, 3.05) is 20.2 Å². The van der Waals surface area contributed by atoms with Crippen LogP contribution in [0.25, 0.3) is 0 Å². The van der Waals surface area contributed by atoms with E-state index in [9.17, 15) is 24.0 Å². The highest BCUT2D eigenvalue weighted by molar-refractivity contribution is 5.97. The first-order chi connectivity index (χ1) is 21.7. The maximum absolute atomic E-state index is 13.8. The Kier molecular flexibility index (Phi) is 12.7. The quantitative estimate of drug-likeness (QED) is 0.339. The molecule has 0 bridgehead atoms. The molecule has 2 aromatic rings. The van der Waals surface area contributed by atoms with Crippen LogP contribution in [0, 0.1) is 18.8 Å². The van der Waals surface area contributed by atoms with Crippen molar-refractivity contribution >= 4 is 29.5 Å². The summed E-state index contributed by atoms with van der Waals surface area (Å²) in [6.45, 7) is 12.2. The van der Waals surface area contributed by atoms with Gasteiger partial charge in [0.1, 0.15) is 30.4 Å². The maximum atomic E-state index is 13.8. The third-order valence-electron chi connectivity index (χ3n) is 7.85. The van der Waals surface area contributed by atoms with Crippen LogP contribution in [0.1, 0.15) is 75.7 Å². The molecule has 0 aliphatic carbocycles. The number of carbonyl (C=O) groups excluding carboxylic acids is 5. The Morgan fingerprint density at radius 2 is 1.63 bits per heavy atom. The Bertz CT molecular complexity index is 1390. The van der Waals surface area contributed by atoms with Crippen LogP contribution in [0.5, 0.6) is 5.75 Å². The second kappa shape index (κ2) is 16.2. The zero-order chi connectivity index (χ0) is 34.1. The third-order valence-corrected chi connectivity index (χ3v) is 7.85. The Morgan fingerprint density at radius 1 is 0.978 bits per heavy atom. The van der Waals surface area contributed by atoms with Crippen LogP contribution in [-0.2, 0) is 32.0 Å². The van der Waals surface area contributed by atoms with Crippen LogP contribution >= 0.6 is 0 Å². The molecule has 1 aromatic heterocycles. The van der Waals surface area contributed by atoms with E-state index in [4.69, 9.17) is 9.15 Å². The maximum Gasteiger partial charge on any atom is 0.292 e. The molecular formula is C33H48N6O7. The van der Waals surface area contributed by atoms with Crippen LogP contribution in [0.2, 0.25) is 0 Å². The highest BCUT2D eigenvalue weighted by Gasteiger charge is 2.34. The van der Waals surface area contributed by atoms with E-state index >= 15 is 0 Å². The Labute approximate surface area is 270 Å². The number of ether oxygens (including phenoxy) is 1. The lowest BCUT2D eigenvalue weighted by Crippen LogP contribution is -2.57. The summed E-state index contributed by atoms with van der Waals surface area (Å²) < 4.78 is 10.9. The van der Waals surface area contributed by atoms with Crippen molar-refractivity contribution < 1.29 is 33.1 Å².